The SMILES string of the molecule is NCC1CCCCC1Nc1cc(Cl)cc(C(F)(F)F)c1. The minimum atomic E-state index is -4.39. The summed E-state index contributed by atoms with van der Waals surface area (Å²) in [5, 5.41) is 3.26. The van der Waals surface area contributed by atoms with Gasteiger partial charge in [0.15, 0.2) is 0 Å². The third-order valence-electron chi connectivity index (χ3n) is 3.79. The molecule has 2 nitrogen and oxygen atoms in total. The van der Waals surface area contributed by atoms with E-state index in [0.717, 1.165) is 37.8 Å². The quantitative estimate of drug-likeness (QED) is 0.874. The van der Waals surface area contributed by atoms with E-state index in [0.29, 0.717) is 18.2 Å². The van der Waals surface area contributed by atoms with Crippen molar-refractivity contribution >= 4 is 17.3 Å². The Kier molecular flexibility index (Phi) is 4.81. The Labute approximate surface area is 121 Å². The smallest absolute Gasteiger partial charge is 0.382 e. The van der Waals surface area contributed by atoms with Gasteiger partial charge in [-0.2, -0.15) is 13.2 Å². The van der Waals surface area contributed by atoms with Crippen molar-refractivity contribution in [3.8, 4) is 0 Å². The van der Waals surface area contributed by atoms with Gasteiger partial charge in [0.2, 0.25) is 0 Å². The fraction of sp³-hybridized carbons (Fsp3) is 0.571. The molecular formula is C14H18ClF3N2. The Morgan fingerprint density at radius 2 is 1.90 bits per heavy atom. The van der Waals surface area contributed by atoms with Crippen LogP contribution in [0.3, 0.4) is 0 Å². The maximum atomic E-state index is 12.8. The molecule has 0 saturated heterocycles. The Morgan fingerprint density at radius 3 is 2.55 bits per heavy atom. The zero-order valence-corrected chi connectivity index (χ0v) is 11.8. The van der Waals surface area contributed by atoms with Gasteiger partial charge in [-0.05, 0) is 43.5 Å². The number of hydrogen-bond donors (Lipinski definition) is 2. The molecule has 1 saturated carbocycles. The molecule has 0 bridgehead atoms. The van der Waals surface area contributed by atoms with Gasteiger partial charge in [0, 0.05) is 16.8 Å². The number of hydrogen-bond acceptors (Lipinski definition) is 2. The van der Waals surface area contributed by atoms with Crippen LogP contribution >= 0.6 is 11.6 Å². The van der Waals surface area contributed by atoms with Crippen LogP contribution in [0.1, 0.15) is 31.2 Å². The first kappa shape index (κ1) is 15.4. The third kappa shape index (κ3) is 3.79. The molecule has 1 aromatic rings. The van der Waals surface area contributed by atoms with Gasteiger partial charge in [0.1, 0.15) is 0 Å². The number of halogens is 4. The van der Waals surface area contributed by atoms with E-state index in [2.05, 4.69) is 5.32 Å². The van der Waals surface area contributed by atoms with Gasteiger partial charge in [0.05, 0.1) is 5.56 Å². The highest BCUT2D eigenvalue weighted by Gasteiger charge is 2.31. The van der Waals surface area contributed by atoms with Crippen molar-refractivity contribution < 1.29 is 13.2 Å². The molecule has 112 valence electrons. The Hall–Kier alpha value is -0.940. The number of anilines is 1. The molecule has 0 radical (unpaired) electrons. The summed E-state index contributed by atoms with van der Waals surface area (Å²) in [7, 11) is 0. The third-order valence-corrected chi connectivity index (χ3v) is 4.01. The molecule has 1 fully saturated rings. The van der Waals surface area contributed by atoms with Crippen LogP contribution < -0.4 is 11.1 Å². The minimum absolute atomic E-state index is 0.0856. The lowest BCUT2D eigenvalue weighted by molar-refractivity contribution is -0.137. The Bertz CT molecular complexity index is 462. The molecule has 20 heavy (non-hydrogen) atoms. The summed E-state index contributed by atoms with van der Waals surface area (Å²) in [4.78, 5) is 0. The van der Waals surface area contributed by atoms with E-state index in [1.54, 1.807) is 0 Å². The molecule has 0 heterocycles. The number of nitrogens with two attached hydrogens (primary N) is 1. The lowest BCUT2D eigenvalue weighted by atomic mass is 9.84. The van der Waals surface area contributed by atoms with Crippen molar-refractivity contribution in [3.63, 3.8) is 0 Å². The van der Waals surface area contributed by atoms with E-state index < -0.39 is 11.7 Å². The predicted octanol–water partition coefficient (Wildman–Crippen LogP) is 4.29. The molecule has 0 amide bonds. The normalized spacial score (nSPS) is 23.6. The Balaban J connectivity index is 2.18. The van der Waals surface area contributed by atoms with E-state index in [1.807, 2.05) is 0 Å². The van der Waals surface area contributed by atoms with Crippen molar-refractivity contribution in [1.82, 2.24) is 0 Å². The van der Waals surface area contributed by atoms with E-state index in [9.17, 15) is 13.2 Å². The molecule has 6 heteroatoms. The molecular weight excluding hydrogens is 289 g/mol. The number of benzene rings is 1. The molecule has 3 N–H and O–H groups in total. The fourth-order valence-corrected chi connectivity index (χ4v) is 2.97. The van der Waals surface area contributed by atoms with Crippen LogP contribution in [0.15, 0.2) is 18.2 Å². The van der Waals surface area contributed by atoms with E-state index in [1.165, 1.54) is 6.07 Å². The first-order chi connectivity index (χ1) is 9.40. The summed E-state index contributed by atoms with van der Waals surface area (Å²) in [6, 6.07) is 3.69. The summed E-state index contributed by atoms with van der Waals surface area (Å²) >= 11 is 5.78. The maximum absolute atomic E-state index is 12.8. The molecule has 0 aliphatic heterocycles. The summed E-state index contributed by atoms with van der Waals surface area (Å²) < 4.78 is 38.3. The van der Waals surface area contributed by atoms with Gasteiger partial charge in [-0.25, -0.2) is 0 Å². The molecule has 0 spiro atoms. The van der Waals surface area contributed by atoms with Crippen molar-refractivity contribution in [1.29, 1.82) is 0 Å². The van der Waals surface area contributed by atoms with Crippen molar-refractivity contribution in [3.05, 3.63) is 28.8 Å². The van der Waals surface area contributed by atoms with Gasteiger partial charge in [-0.15, -0.1) is 0 Å². The van der Waals surface area contributed by atoms with Gasteiger partial charge in [0.25, 0.3) is 0 Å². The average molecular weight is 307 g/mol. The second-order valence-corrected chi connectivity index (χ2v) is 5.69. The van der Waals surface area contributed by atoms with Crippen LogP contribution in [0, 0.1) is 5.92 Å². The summed E-state index contributed by atoms with van der Waals surface area (Å²) in [6.45, 7) is 0.546. The van der Waals surface area contributed by atoms with Gasteiger partial charge in [-0.1, -0.05) is 24.4 Å². The number of nitrogens with one attached hydrogen (secondary N) is 1. The van der Waals surface area contributed by atoms with Gasteiger partial charge in [-0.3, -0.25) is 0 Å². The van der Waals surface area contributed by atoms with E-state index in [-0.39, 0.29) is 11.1 Å². The predicted molar refractivity (Wildman–Crippen MR) is 74.9 cm³/mol. The van der Waals surface area contributed by atoms with Crippen LogP contribution in [0.25, 0.3) is 0 Å². The largest absolute Gasteiger partial charge is 0.416 e. The van der Waals surface area contributed by atoms with Crippen LogP contribution in [-0.2, 0) is 6.18 Å². The molecule has 2 rings (SSSR count). The highest BCUT2D eigenvalue weighted by molar-refractivity contribution is 6.30. The number of rotatable bonds is 3. The van der Waals surface area contributed by atoms with Crippen molar-refractivity contribution in [2.45, 2.75) is 37.9 Å². The van der Waals surface area contributed by atoms with Crippen molar-refractivity contribution in [2.75, 3.05) is 11.9 Å². The van der Waals surface area contributed by atoms with Crippen LogP contribution in [0.2, 0.25) is 5.02 Å². The highest BCUT2D eigenvalue weighted by atomic mass is 35.5. The zero-order valence-electron chi connectivity index (χ0n) is 11.0. The fourth-order valence-electron chi connectivity index (χ4n) is 2.73. The van der Waals surface area contributed by atoms with Crippen LogP contribution in [0.5, 0.6) is 0 Å². The lowest BCUT2D eigenvalue weighted by Gasteiger charge is -2.32. The van der Waals surface area contributed by atoms with E-state index in [4.69, 9.17) is 17.3 Å². The summed E-state index contributed by atoms with van der Waals surface area (Å²) in [6.07, 6.45) is -0.248. The highest BCUT2D eigenvalue weighted by Crippen LogP contribution is 2.34. The zero-order chi connectivity index (χ0) is 14.8. The van der Waals surface area contributed by atoms with E-state index >= 15 is 0 Å². The summed E-state index contributed by atoms with van der Waals surface area (Å²) in [5.41, 5.74) is 5.41. The topological polar surface area (TPSA) is 38.0 Å². The Morgan fingerprint density at radius 1 is 1.20 bits per heavy atom. The first-order valence-corrected chi connectivity index (χ1v) is 7.12. The second-order valence-electron chi connectivity index (χ2n) is 5.26. The van der Waals surface area contributed by atoms with Gasteiger partial charge < -0.3 is 11.1 Å². The maximum Gasteiger partial charge on any atom is 0.416 e. The van der Waals surface area contributed by atoms with Crippen LogP contribution in [-0.4, -0.2) is 12.6 Å². The number of alkyl halides is 3. The van der Waals surface area contributed by atoms with Crippen LogP contribution in [0.4, 0.5) is 18.9 Å². The molecule has 2 unspecified atom stereocenters. The summed E-state index contributed by atoms with van der Waals surface area (Å²) in [5.74, 6) is 0.303. The van der Waals surface area contributed by atoms with Crippen molar-refractivity contribution in [2.24, 2.45) is 11.7 Å². The minimum Gasteiger partial charge on any atom is -0.382 e. The second kappa shape index (κ2) is 6.22. The average Bonchev–Trinajstić information content (AvgIpc) is 2.37. The molecule has 1 aromatic carbocycles. The molecule has 0 aromatic heterocycles. The molecule has 1 aliphatic carbocycles. The first-order valence-electron chi connectivity index (χ1n) is 6.74. The molecule has 1 aliphatic rings. The van der Waals surface area contributed by atoms with Gasteiger partial charge >= 0.3 is 6.18 Å². The molecule has 2 atom stereocenters. The standard InChI is InChI=1S/C14H18ClF3N2/c15-11-5-10(14(16,17)18)6-12(7-11)20-13-4-2-1-3-9(13)8-19/h5-7,9,13,20H,1-4,8,19H2. The lowest BCUT2D eigenvalue weighted by Crippen LogP contribution is -2.36. The monoisotopic (exact) mass is 306 g/mol.